The largest absolute Gasteiger partial charge is 0.493 e. The molecule has 0 aliphatic carbocycles. The van der Waals surface area contributed by atoms with Gasteiger partial charge in [-0.15, -0.1) is 0 Å². The van der Waals surface area contributed by atoms with Gasteiger partial charge in [-0.1, -0.05) is 12.1 Å². The maximum Gasteiger partial charge on any atom is 0.128 e. The molecule has 0 fully saturated rings. The van der Waals surface area contributed by atoms with Crippen LogP contribution in [0.4, 0.5) is 0 Å². The first-order chi connectivity index (χ1) is 8.74. The van der Waals surface area contributed by atoms with E-state index in [1.54, 1.807) is 0 Å². The Bertz CT molecular complexity index is 329. The standard InChI is InChI=1S/C14H24N2O2/c1-3-18-14-7-5-4-6-13(14)11-16-9-8-15-10-12(2)17/h4-7,12,15-17H,3,8-11H2,1-2H3/p+2/t12-/m0/s1. The molecule has 1 aromatic rings. The van der Waals surface area contributed by atoms with E-state index in [0.717, 1.165) is 31.9 Å². The van der Waals surface area contributed by atoms with Gasteiger partial charge in [0.25, 0.3) is 0 Å². The zero-order valence-corrected chi connectivity index (χ0v) is 11.4. The van der Waals surface area contributed by atoms with E-state index < -0.39 is 0 Å². The number of ether oxygens (including phenoxy) is 1. The molecular weight excluding hydrogens is 228 g/mol. The number of aliphatic hydroxyl groups is 1. The smallest absolute Gasteiger partial charge is 0.128 e. The summed E-state index contributed by atoms with van der Waals surface area (Å²) in [5, 5.41) is 13.5. The third kappa shape index (κ3) is 6.00. The van der Waals surface area contributed by atoms with Crippen molar-refractivity contribution in [2.24, 2.45) is 0 Å². The van der Waals surface area contributed by atoms with Gasteiger partial charge in [0.05, 0.1) is 12.7 Å². The zero-order chi connectivity index (χ0) is 13.2. The molecular formula is C14H26N2O2+2. The summed E-state index contributed by atoms with van der Waals surface area (Å²) < 4.78 is 5.59. The van der Waals surface area contributed by atoms with Crippen LogP contribution in [-0.4, -0.2) is 37.5 Å². The van der Waals surface area contributed by atoms with E-state index in [1.165, 1.54) is 5.56 Å². The van der Waals surface area contributed by atoms with Crippen LogP contribution in [0.1, 0.15) is 19.4 Å². The second kappa shape index (κ2) is 8.91. The van der Waals surface area contributed by atoms with Crippen molar-refractivity contribution >= 4 is 0 Å². The first-order valence-electron chi connectivity index (χ1n) is 6.76. The first-order valence-corrected chi connectivity index (χ1v) is 6.76. The summed E-state index contributed by atoms with van der Waals surface area (Å²) in [4.78, 5) is 0. The fourth-order valence-electron chi connectivity index (χ4n) is 1.82. The van der Waals surface area contributed by atoms with Gasteiger partial charge in [-0.05, 0) is 26.0 Å². The summed E-state index contributed by atoms with van der Waals surface area (Å²) in [7, 11) is 0. The molecule has 0 aromatic heterocycles. The minimum Gasteiger partial charge on any atom is -0.493 e. The van der Waals surface area contributed by atoms with Crippen LogP contribution >= 0.6 is 0 Å². The van der Waals surface area contributed by atoms with E-state index in [-0.39, 0.29) is 6.10 Å². The van der Waals surface area contributed by atoms with Crippen molar-refractivity contribution in [3.63, 3.8) is 0 Å². The maximum absolute atomic E-state index is 9.12. The van der Waals surface area contributed by atoms with Crippen molar-refractivity contribution in [1.29, 1.82) is 0 Å². The van der Waals surface area contributed by atoms with Gasteiger partial charge in [0, 0.05) is 5.56 Å². The Balaban J connectivity index is 2.22. The van der Waals surface area contributed by atoms with Crippen LogP contribution in [0.5, 0.6) is 5.75 Å². The van der Waals surface area contributed by atoms with Gasteiger partial charge in [-0.3, -0.25) is 0 Å². The molecule has 4 nitrogen and oxygen atoms in total. The number of rotatable bonds is 9. The molecule has 0 saturated carbocycles. The van der Waals surface area contributed by atoms with Crippen molar-refractivity contribution in [2.45, 2.75) is 26.5 Å². The molecule has 0 amide bonds. The van der Waals surface area contributed by atoms with Gasteiger partial charge in [0.2, 0.25) is 0 Å². The minimum atomic E-state index is -0.219. The molecule has 0 aliphatic heterocycles. The summed E-state index contributed by atoms with van der Waals surface area (Å²) in [6.07, 6.45) is -0.219. The monoisotopic (exact) mass is 254 g/mol. The topological polar surface area (TPSA) is 62.7 Å². The van der Waals surface area contributed by atoms with Crippen LogP contribution in [0.15, 0.2) is 24.3 Å². The Morgan fingerprint density at radius 2 is 1.94 bits per heavy atom. The van der Waals surface area contributed by atoms with Crippen molar-refractivity contribution < 1.29 is 20.5 Å². The fourth-order valence-corrected chi connectivity index (χ4v) is 1.82. The summed E-state index contributed by atoms with van der Waals surface area (Å²) >= 11 is 0. The number of hydrogen-bond acceptors (Lipinski definition) is 2. The van der Waals surface area contributed by atoms with Gasteiger partial charge in [-0.25, -0.2) is 0 Å². The van der Waals surface area contributed by atoms with Crippen LogP contribution in [0.25, 0.3) is 0 Å². The first kappa shape index (κ1) is 15.0. The van der Waals surface area contributed by atoms with Gasteiger partial charge in [0.15, 0.2) is 0 Å². The lowest BCUT2D eigenvalue weighted by Crippen LogP contribution is -2.95. The average Bonchev–Trinajstić information content (AvgIpc) is 2.35. The fraction of sp³-hybridized carbons (Fsp3) is 0.571. The zero-order valence-electron chi connectivity index (χ0n) is 11.4. The highest BCUT2D eigenvalue weighted by atomic mass is 16.5. The van der Waals surface area contributed by atoms with E-state index in [4.69, 9.17) is 9.84 Å². The summed E-state index contributed by atoms with van der Waals surface area (Å²) in [5.41, 5.74) is 1.25. The highest BCUT2D eigenvalue weighted by Gasteiger charge is 2.04. The summed E-state index contributed by atoms with van der Waals surface area (Å²) in [5.74, 6) is 0.990. The molecule has 0 unspecified atom stereocenters. The SMILES string of the molecule is CCOc1ccccc1C[NH2+]CC[NH2+]C[C@H](C)O. The number of nitrogens with two attached hydrogens (primary N) is 2. The number of benzene rings is 1. The van der Waals surface area contributed by atoms with E-state index in [0.29, 0.717) is 6.61 Å². The Kier molecular flexibility index (Phi) is 7.41. The highest BCUT2D eigenvalue weighted by molar-refractivity contribution is 5.32. The van der Waals surface area contributed by atoms with Crippen molar-refractivity contribution in [1.82, 2.24) is 0 Å². The van der Waals surface area contributed by atoms with Crippen LogP contribution in [0, 0.1) is 0 Å². The lowest BCUT2D eigenvalue weighted by atomic mass is 10.2. The molecule has 1 atom stereocenters. The Morgan fingerprint density at radius 1 is 1.22 bits per heavy atom. The number of quaternary nitrogens is 2. The average molecular weight is 254 g/mol. The second-order valence-electron chi connectivity index (χ2n) is 4.48. The highest BCUT2D eigenvalue weighted by Crippen LogP contribution is 2.16. The van der Waals surface area contributed by atoms with Gasteiger partial charge in [0.1, 0.15) is 31.9 Å². The lowest BCUT2D eigenvalue weighted by molar-refractivity contribution is -0.733. The molecule has 0 bridgehead atoms. The third-order valence-corrected chi connectivity index (χ3v) is 2.72. The van der Waals surface area contributed by atoms with Crippen molar-refractivity contribution in [2.75, 3.05) is 26.2 Å². The molecule has 0 spiro atoms. The maximum atomic E-state index is 9.12. The molecule has 5 N–H and O–H groups in total. The quantitative estimate of drug-likeness (QED) is 0.500. The minimum absolute atomic E-state index is 0.219. The molecule has 0 saturated heterocycles. The van der Waals surface area contributed by atoms with E-state index in [1.807, 2.05) is 32.0 Å². The molecule has 0 radical (unpaired) electrons. The number of para-hydroxylation sites is 1. The molecule has 1 aromatic carbocycles. The normalized spacial score (nSPS) is 12.4. The number of aliphatic hydroxyl groups excluding tert-OH is 1. The molecule has 4 heteroatoms. The van der Waals surface area contributed by atoms with Crippen molar-refractivity contribution in [3.8, 4) is 5.75 Å². The van der Waals surface area contributed by atoms with Crippen LogP contribution < -0.4 is 15.4 Å². The molecule has 18 heavy (non-hydrogen) atoms. The Labute approximate surface area is 109 Å². The lowest BCUT2D eigenvalue weighted by Gasteiger charge is -2.09. The van der Waals surface area contributed by atoms with Gasteiger partial charge < -0.3 is 20.5 Å². The Hall–Kier alpha value is -1.10. The molecule has 0 aliphatic rings. The summed E-state index contributed by atoms with van der Waals surface area (Å²) in [6, 6.07) is 8.18. The summed E-state index contributed by atoms with van der Waals surface area (Å²) in [6.45, 7) is 8.33. The third-order valence-electron chi connectivity index (χ3n) is 2.72. The molecule has 1 rings (SSSR count). The predicted octanol–water partition coefficient (Wildman–Crippen LogP) is -0.907. The van der Waals surface area contributed by atoms with Crippen LogP contribution in [0.3, 0.4) is 0 Å². The number of hydrogen-bond donors (Lipinski definition) is 3. The van der Waals surface area contributed by atoms with Crippen molar-refractivity contribution in [3.05, 3.63) is 29.8 Å². The van der Waals surface area contributed by atoms with Gasteiger partial charge in [-0.2, -0.15) is 0 Å². The predicted molar refractivity (Wildman–Crippen MR) is 71.4 cm³/mol. The Morgan fingerprint density at radius 3 is 2.67 bits per heavy atom. The van der Waals surface area contributed by atoms with E-state index in [9.17, 15) is 0 Å². The second-order valence-corrected chi connectivity index (χ2v) is 4.48. The molecule has 0 heterocycles. The van der Waals surface area contributed by atoms with Crippen LogP contribution in [0.2, 0.25) is 0 Å². The van der Waals surface area contributed by atoms with E-state index in [2.05, 4.69) is 16.7 Å². The molecule has 102 valence electrons. The van der Waals surface area contributed by atoms with E-state index >= 15 is 0 Å². The van der Waals surface area contributed by atoms with Crippen LogP contribution in [-0.2, 0) is 6.54 Å². The van der Waals surface area contributed by atoms with Gasteiger partial charge >= 0.3 is 0 Å².